The fourth-order valence-corrected chi connectivity index (χ4v) is 1.82. The number of fused-ring (bicyclic) bond motifs is 1. The van der Waals surface area contributed by atoms with Crippen LogP contribution in [0.3, 0.4) is 0 Å². The maximum absolute atomic E-state index is 12.5. The molecule has 2 aromatic rings. The second-order valence-electron chi connectivity index (χ2n) is 4.13. The molecule has 0 amide bonds. The molecule has 102 valence electrons. The number of rotatable bonds is 2. The van der Waals surface area contributed by atoms with E-state index < -0.39 is 18.7 Å². The molecule has 0 unspecified atom stereocenters. The Morgan fingerprint density at radius 1 is 1.42 bits per heavy atom. The van der Waals surface area contributed by atoms with Gasteiger partial charge in [0, 0.05) is 5.39 Å². The van der Waals surface area contributed by atoms with Crippen LogP contribution < -0.4 is 0 Å². The van der Waals surface area contributed by atoms with Gasteiger partial charge in [0.25, 0.3) is 0 Å². The molecule has 0 atom stereocenters. The van der Waals surface area contributed by atoms with Gasteiger partial charge in [-0.25, -0.2) is 4.79 Å². The highest BCUT2D eigenvalue weighted by Gasteiger charge is 2.30. The Morgan fingerprint density at radius 3 is 2.68 bits per heavy atom. The summed E-state index contributed by atoms with van der Waals surface area (Å²) in [6.45, 7) is 0.506. The molecule has 0 aliphatic heterocycles. The zero-order valence-electron chi connectivity index (χ0n) is 10.3. The van der Waals surface area contributed by atoms with E-state index in [2.05, 4.69) is 9.84 Å². The largest absolute Gasteiger partial charge is 0.464 e. The summed E-state index contributed by atoms with van der Waals surface area (Å²) in [7, 11) is 1.16. The molecule has 2 rings (SSSR count). The molecule has 0 bridgehead atoms. The van der Waals surface area contributed by atoms with Gasteiger partial charge in [0.05, 0.1) is 12.6 Å². The molecule has 0 radical (unpaired) electrons. The second-order valence-corrected chi connectivity index (χ2v) is 4.13. The molecule has 4 nitrogen and oxygen atoms in total. The first-order valence-corrected chi connectivity index (χ1v) is 5.44. The van der Waals surface area contributed by atoms with Crippen molar-refractivity contribution in [3.05, 3.63) is 29.5 Å². The minimum Gasteiger partial charge on any atom is -0.464 e. The van der Waals surface area contributed by atoms with Crippen LogP contribution >= 0.6 is 0 Å². The van der Waals surface area contributed by atoms with Gasteiger partial charge in [-0.15, -0.1) is 0 Å². The number of aromatic nitrogens is 2. The summed E-state index contributed by atoms with van der Waals surface area (Å²) in [5, 5.41) is 4.06. The maximum atomic E-state index is 12.5. The van der Waals surface area contributed by atoms with Crippen molar-refractivity contribution in [2.45, 2.75) is 19.6 Å². The highest BCUT2D eigenvalue weighted by atomic mass is 19.4. The Balaban J connectivity index is 2.63. The highest BCUT2D eigenvalue weighted by Crippen LogP contribution is 2.25. The van der Waals surface area contributed by atoms with Crippen molar-refractivity contribution in [3.63, 3.8) is 0 Å². The topological polar surface area (TPSA) is 44.1 Å². The highest BCUT2D eigenvalue weighted by molar-refractivity contribution is 6.02. The fourth-order valence-electron chi connectivity index (χ4n) is 1.82. The minimum atomic E-state index is -4.41. The van der Waals surface area contributed by atoms with Crippen molar-refractivity contribution in [2.75, 3.05) is 7.11 Å². The Bertz CT molecular complexity index is 632. The van der Waals surface area contributed by atoms with E-state index in [1.165, 1.54) is 0 Å². The van der Waals surface area contributed by atoms with Crippen LogP contribution in [0, 0.1) is 6.92 Å². The minimum absolute atomic E-state index is 0.109. The molecule has 0 N–H and O–H groups in total. The van der Waals surface area contributed by atoms with Crippen LogP contribution in [0.25, 0.3) is 10.9 Å². The Hall–Kier alpha value is -2.05. The standard InChI is InChI=1S/C12H11F3N2O2/c1-7-3-4-8-9(5-7)17(6-12(13,14)15)16-10(8)11(18)19-2/h3-5H,6H2,1-2H3. The van der Waals surface area contributed by atoms with Gasteiger partial charge in [0.1, 0.15) is 6.54 Å². The van der Waals surface area contributed by atoms with Crippen molar-refractivity contribution in [3.8, 4) is 0 Å². The zero-order valence-corrected chi connectivity index (χ0v) is 10.3. The molecule has 0 spiro atoms. The number of esters is 1. The van der Waals surface area contributed by atoms with Crippen molar-refractivity contribution in [2.24, 2.45) is 0 Å². The van der Waals surface area contributed by atoms with E-state index in [1.807, 2.05) is 0 Å². The number of carbonyl (C=O) groups is 1. The summed E-state index contributed by atoms with van der Waals surface area (Å²) in [4.78, 5) is 11.5. The Kier molecular flexibility index (Phi) is 3.21. The first-order valence-electron chi connectivity index (χ1n) is 5.44. The Labute approximate surface area is 106 Å². The zero-order chi connectivity index (χ0) is 14.2. The predicted octanol–water partition coefficient (Wildman–Crippen LogP) is 2.69. The molecule has 0 saturated carbocycles. The van der Waals surface area contributed by atoms with Gasteiger partial charge >= 0.3 is 12.1 Å². The third-order valence-corrected chi connectivity index (χ3v) is 2.61. The molecule has 0 aliphatic rings. The molecule has 1 heterocycles. The summed E-state index contributed by atoms with van der Waals surface area (Å²) in [5.41, 5.74) is 0.937. The summed E-state index contributed by atoms with van der Waals surface area (Å²) >= 11 is 0. The van der Waals surface area contributed by atoms with Crippen LogP contribution in [0.15, 0.2) is 18.2 Å². The molecule has 7 heteroatoms. The lowest BCUT2D eigenvalue weighted by Crippen LogP contribution is -2.19. The molecule has 0 saturated heterocycles. The number of alkyl halides is 3. The fraction of sp³-hybridized carbons (Fsp3) is 0.333. The van der Waals surface area contributed by atoms with E-state index >= 15 is 0 Å². The molecular weight excluding hydrogens is 261 g/mol. The lowest BCUT2D eigenvalue weighted by molar-refractivity contribution is -0.141. The van der Waals surface area contributed by atoms with Crippen LogP contribution in [-0.2, 0) is 11.3 Å². The summed E-state index contributed by atoms with van der Waals surface area (Å²) < 4.78 is 42.7. The van der Waals surface area contributed by atoms with Gasteiger partial charge in [-0.1, -0.05) is 12.1 Å². The lowest BCUT2D eigenvalue weighted by Gasteiger charge is -2.07. The average Bonchev–Trinajstić information content (AvgIpc) is 2.64. The number of halogens is 3. The first-order chi connectivity index (χ1) is 8.81. The van der Waals surface area contributed by atoms with Crippen molar-refractivity contribution in [1.82, 2.24) is 9.78 Å². The number of carbonyl (C=O) groups excluding carboxylic acids is 1. The Morgan fingerprint density at radius 2 is 2.11 bits per heavy atom. The lowest BCUT2D eigenvalue weighted by atomic mass is 10.1. The number of hydrogen-bond acceptors (Lipinski definition) is 3. The SMILES string of the molecule is COC(=O)c1nn(CC(F)(F)F)c2cc(C)ccc12. The van der Waals surface area contributed by atoms with Gasteiger partial charge in [0.15, 0.2) is 5.69 Å². The average molecular weight is 272 g/mol. The molecule has 0 aliphatic carbocycles. The van der Waals surface area contributed by atoms with Crippen LogP contribution in [0.2, 0.25) is 0 Å². The summed E-state index contributed by atoms with van der Waals surface area (Å²) in [5.74, 6) is -0.755. The van der Waals surface area contributed by atoms with Crippen LogP contribution in [-0.4, -0.2) is 29.0 Å². The van der Waals surface area contributed by atoms with Crippen molar-refractivity contribution < 1.29 is 22.7 Å². The predicted molar refractivity (Wildman–Crippen MR) is 61.9 cm³/mol. The van der Waals surface area contributed by atoms with E-state index in [1.54, 1.807) is 25.1 Å². The third kappa shape index (κ3) is 2.69. The maximum Gasteiger partial charge on any atom is 0.408 e. The van der Waals surface area contributed by atoms with E-state index in [4.69, 9.17) is 0 Å². The van der Waals surface area contributed by atoms with Gasteiger partial charge in [-0.2, -0.15) is 18.3 Å². The number of nitrogens with zero attached hydrogens (tertiary/aromatic N) is 2. The molecule has 0 fully saturated rings. The number of hydrogen-bond donors (Lipinski definition) is 0. The first kappa shape index (κ1) is 13.4. The number of methoxy groups -OCH3 is 1. The van der Waals surface area contributed by atoms with Gasteiger partial charge < -0.3 is 4.74 Å². The van der Waals surface area contributed by atoms with Crippen LogP contribution in [0.4, 0.5) is 13.2 Å². The molecule has 1 aromatic heterocycles. The molecule has 1 aromatic carbocycles. The second kappa shape index (κ2) is 4.56. The monoisotopic (exact) mass is 272 g/mol. The van der Waals surface area contributed by atoms with E-state index in [-0.39, 0.29) is 11.2 Å². The number of ether oxygens (including phenoxy) is 1. The number of benzene rings is 1. The van der Waals surface area contributed by atoms with Gasteiger partial charge in [-0.3, -0.25) is 4.68 Å². The van der Waals surface area contributed by atoms with Crippen molar-refractivity contribution in [1.29, 1.82) is 0 Å². The van der Waals surface area contributed by atoms with Crippen molar-refractivity contribution >= 4 is 16.9 Å². The normalized spacial score (nSPS) is 11.8. The van der Waals surface area contributed by atoms with E-state index in [9.17, 15) is 18.0 Å². The molecule has 19 heavy (non-hydrogen) atoms. The summed E-state index contributed by atoms with van der Waals surface area (Å²) in [6.07, 6.45) is -4.41. The summed E-state index contributed by atoms with van der Waals surface area (Å²) in [6, 6.07) is 4.83. The number of aryl methyl sites for hydroxylation is 1. The van der Waals surface area contributed by atoms with Crippen LogP contribution in [0.1, 0.15) is 16.1 Å². The van der Waals surface area contributed by atoms with E-state index in [0.29, 0.717) is 5.39 Å². The van der Waals surface area contributed by atoms with Gasteiger partial charge in [0.2, 0.25) is 0 Å². The third-order valence-electron chi connectivity index (χ3n) is 2.61. The van der Waals surface area contributed by atoms with E-state index in [0.717, 1.165) is 17.4 Å². The quantitative estimate of drug-likeness (QED) is 0.789. The molecular formula is C12H11F3N2O2. The van der Waals surface area contributed by atoms with Gasteiger partial charge in [-0.05, 0) is 18.6 Å². The smallest absolute Gasteiger partial charge is 0.408 e. The van der Waals surface area contributed by atoms with Crippen LogP contribution in [0.5, 0.6) is 0 Å².